The van der Waals surface area contributed by atoms with Crippen molar-refractivity contribution in [3.8, 4) is 5.75 Å². The number of rotatable bonds is 1. The quantitative estimate of drug-likeness (QED) is 0.852. The lowest BCUT2D eigenvalue weighted by Gasteiger charge is -2.35. The van der Waals surface area contributed by atoms with Gasteiger partial charge in [-0.1, -0.05) is 24.3 Å². The molecule has 26 heavy (non-hydrogen) atoms. The van der Waals surface area contributed by atoms with Crippen LogP contribution in [0.1, 0.15) is 31.1 Å². The second-order valence-corrected chi connectivity index (χ2v) is 7.48. The molecule has 0 atom stereocenters. The molecule has 0 spiro atoms. The zero-order valence-electron chi connectivity index (χ0n) is 15.4. The topological polar surface area (TPSA) is 70.1 Å². The average Bonchev–Trinajstić information content (AvgIpc) is 2.59. The van der Waals surface area contributed by atoms with E-state index < -0.39 is 5.60 Å². The summed E-state index contributed by atoms with van der Waals surface area (Å²) < 4.78 is 5.37. The predicted molar refractivity (Wildman–Crippen MR) is 99.3 cm³/mol. The number of nitrogens with zero attached hydrogens (tertiary/aromatic N) is 2. The van der Waals surface area contributed by atoms with Crippen LogP contribution in [0.4, 0.5) is 4.79 Å². The van der Waals surface area contributed by atoms with Gasteiger partial charge in [-0.05, 0) is 43.7 Å². The van der Waals surface area contributed by atoms with Crippen molar-refractivity contribution in [3.05, 3.63) is 42.0 Å². The number of phenolic OH excluding ortho intramolecular Hbond substituents is 1. The number of phenols is 1. The first-order chi connectivity index (χ1) is 12.2. The fourth-order valence-electron chi connectivity index (χ4n) is 2.99. The minimum atomic E-state index is -0.541. The Balaban J connectivity index is 1.69. The van der Waals surface area contributed by atoms with E-state index in [0.717, 1.165) is 10.8 Å². The smallest absolute Gasteiger partial charge is 0.410 e. The molecule has 3 rings (SSSR count). The lowest BCUT2D eigenvalue weighted by atomic mass is 10.0. The average molecular weight is 356 g/mol. The Morgan fingerprint density at radius 1 is 0.962 bits per heavy atom. The van der Waals surface area contributed by atoms with E-state index in [9.17, 15) is 14.7 Å². The van der Waals surface area contributed by atoms with Gasteiger partial charge in [0.15, 0.2) is 0 Å². The molecular formula is C20H24N2O4. The van der Waals surface area contributed by atoms with Crippen molar-refractivity contribution in [1.29, 1.82) is 0 Å². The zero-order valence-corrected chi connectivity index (χ0v) is 15.4. The number of benzene rings is 2. The van der Waals surface area contributed by atoms with E-state index in [1.54, 1.807) is 21.9 Å². The van der Waals surface area contributed by atoms with Crippen LogP contribution in [0.15, 0.2) is 36.4 Å². The monoisotopic (exact) mass is 356 g/mol. The van der Waals surface area contributed by atoms with Gasteiger partial charge in [0.2, 0.25) is 0 Å². The normalized spacial score (nSPS) is 15.2. The summed E-state index contributed by atoms with van der Waals surface area (Å²) in [6.07, 6.45) is -0.363. The maximum Gasteiger partial charge on any atom is 0.410 e. The first-order valence-corrected chi connectivity index (χ1v) is 8.73. The van der Waals surface area contributed by atoms with Gasteiger partial charge in [-0.2, -0.15) is 0 Å². The van der Waals surface area contributed by atoms with E-state index in [1.165, 1.54) is 0 Å². The van der Waals surface area contributed by atoms with Gasteiger partial charge < -0.3 is 19.6 Å². The van der Waals surface area contributed by atoms with Gasteiger partial charge >= 0.3 is 6.09 Å². The van der Waals surface area contributed by atoms with Crippen molar-refractivity contribution in [1.82, 2.24) is 9.80 Å². The van der Waals surface area contributed by atoms with E-state index in [1.807, 2.05) is 45.0 Å². The molecule has 2 aromatic carbocycles. The maximum atomic E-state index is 12.8. The fraction of sp³-hybridized carbons (Fsp3) is 0.400. The second-order valence-electron chi connectivity index (χ2n) is 7.48. The molecule has 1 aliphatic rings. The van der Waals surface area contributed by atoms with Crippen molar-refractivity contribution in [3.63, 3.8) is 0 Å². The molecule has 6 heteroatoms. The number of fused-ring (bicyclic) bond motifs is 1. The molecule has 0 radical (unpaired) electrons. The maximum absolute atomic E-state index is 12.8. The molecule has 2 aromatic rings. The Bertz CT molecular complexity index is 833. The number of piperazine rings is 1. The summed E-state index contributed by atoms with van der Waals surface area (Å²) in [4.78, 5) is 28.2. The van der Waals surface area contributed by atoms with Gasteiger partial charge in [-0.3, -0.25) is 4.79 Å². The minimum absolute atomic E-state index is 0.0247. The Hall–Kier alpha value is -2.76. The summed E-state index contributed by atoms with van der Waals surface area (Å²) in [6, 6.07) is 10.9. The molecule has 6 nitrogen and oxygen atoms in total. The Morgan fingerprint density at radius 3 is 2.08 bits per heavy atom. The molecule has 1 fully saturated rings. The standard InChI is InChI=1S/C20H24N2O4/c1-20(2,3)26-19(25)22-10-8-21(9-11-22)18(24)16-12-14-6-4-5-7-15(14)13-17(16)23/h4-7,12-13,23H,8-11H2,1-3H3. The van der Waals surface area contributed by atoms with Crippen LogP contribution in [-0.2, 0) is 4.74 Å². The van der Waals surface area contributed by atoms with E-state index in [2.05, 4.69) is 0 Å². The molecule has 0 aliphatic carbocycles. The van der Waals surface area contributed by atoms with Crippen LogP contribution < -0.4 is 0 Å². The molecule has 0 saturated carbocycles. The number of carbonyl (C=O) groups excluding carboxylic acids is 2. The molecule has 0 unspecified atom stereocenters. The van der Waals surface area contributed by atoms with Gasteiger partial charge in [-0.15, -0.1) is 0 Å². The number of hydrogen-bond acceptors (Lipinski definition) is 4. The van der Waals surface area contributed by atoms with Crippen LogP contribution in [-0.4, -0.2) is 58.7 Å². The number of carbonyl (C=O) groups is 2. The summed E-state index contributed by atoms with van der Waals surface area (Å²) in [6.45, 7) is 7.12. The number of hydrogen-bond donors (Lipinski definition) is 1. The first-order valence-electron chi connectivity index (χ1n) is 8.73. The number of amides is 2. The Kier molecular flexibility index (Phi) is 4.76. The number of ether oxygens (including phenoxy) is 1. The van der Waals surface area contributed by atoms with Crippen LogP contribution in [0, 0.1) is 0 Å². The summed E-state index contributed by atoms with van der Waals surface area (Å²) >= 11 is 0. The molecule has 138 valence electrons. The van der Waals surface area contributed by atoms with Crippen molar-refractivity contribution >= 4 is 22.8 Å². The number of aromatic hydroxyl groups is 1. The molecule has 0 aromatic heterocycles. The highest BCUT2D eigenvalue weighted by Gasteiger charge is 2.29. The summed E-state index contributed by atoms with van der Waals surface area (Å²) in [5.41, 5.74) is -0.254. The molecule has 1 N–H and O–H groups in total. The Labute approximate surface area is 153 Å². The molecular weight excluding hydrogens is 332 g/mol. The zero-order chi connectivity index (χ0) is 18.9. The third-order valence-corrected chi connectivity index (χ3v) is 4.31. The van der Waals surface area contributed by atoms with Crippen molar-refractivity contribution in [2.24, 2.45) is 0 Å². The SMILES string of the molecule is CC(C)(C)OC(=O)N1CCN(C(=O)c2cc3ccccc3cc2O)CC1. The summed E-state index contributed by atoms with van der Waals surface area (Å²) in [5, 5.41) is 12.0. The Morgan fingerprint density at radius 2 is 1.50 bits per heavy atom. The minimum Gasteiger partial charge on any atom is -0.507 e. The van der Waals surface area contributed by atoms with Gasteiger partial charge in [0.25, 0.3) is 5.91 Å². The largest absolute Gasteiger partial charge is 0.507 e. The van der Waals surface area contributed by atoms with E-state index in [0.29, 0.717) is 26.2 Å². The van der Waals surface area contributed by atoms with E-state index in [-0.39, 0.29) is 23.3 Å². The summed E-state index contributed by atoms with van der Waals surface area (Å²) in [5.74, 6) is -0.250. The van der Waals surface area contributed by atoms with Gasteiger partial charge in [0, 0.05) is 26.2 Å². The molecule has 0 bridgehead atoms. The lowest BCUT2D eigenvalue weighted by molar-refractivity contribution is 0.0140. The highest BCUT2D eigenvalue weighted by atomic mass is 16.6. The van der Waals surface area contributed by atoms with Crippen molar-refractivity contribution in [2.75, 3.05) is 26.2 Å². The molecule has 1 aliphatic heterocycles. The van der Waals surface area contributed by atoms with Crippen LogP contribution in [0.3, 0.4) is 0 Å². The highest BCUT2D eigenvalue weighted by molar-refractivity contribution is 6.01. The van der Waals surface area contributed by atoms with E-state index in [4.69, 9.17) is 4.74 Å². The van der Waals surface area contributed by atoms with Crippen LogP contribution in [0.25, 0.3) is 10.8 Å². The van der Waals surface area contributed by atoms with Crippen LogP contribution in [0.5, 0.6) is 5.75 Å². The van der Waals surface area contributed by atoms with Gasteiger partial charge in [0.1, 0.15) is 11.4 Å². The summed E-state index contributed by atoms with van der Waals surface area (Å²) in [7, 11) is 0. The van der Waals surface area contributed by atoms with Crippen molar-refractivity contribution in [2.45, 2.75) is 26.4 Å². The third-order valence-electron chi connectivity index (χ3n) is 4.31. The van der Waals surface area contributed by atoms with Gasteiger partial charge in [0.05, 0.1) is 5.56 Å². The third kappa shape index (κ3) is 3.90. The van der Waals surface area contributed by atoms with Crippen LogP contribution >= 0.6 is 0 Å². The van der Waals surface area contributed by atoms with E-state index >= 15 is 0 Å². The lowest BCUT2D eigenvalue weighted by Crippen LogP contribution is -2.51. The fourth-order valence-corrected chi connectivity index (χ4v) is 2.99. The molecule has 1 heterocycles. The molecule has 1 saturated heterocycles. The van der Waals surface area contributed by atoms with Gasteiger partial charge in [-0.25, -0.2) is 4.79 Å². The van der Waals surface area contributed by atoms with Crippen molar-refractivity contribution < 1.29 is 19.4 Å². The highest BCUT2D eigenvalue weighted by Crippen LogP contribution is 2.26. The van der Waals surface area contributed by atoms with Crippen LogP contribution in [0.2, 0.25) is 0 Å². The first kappa shape index (κ1) is 18.0. The predicted octanol–water partition coefficient (Wildman–Crippen LogP) is 3.24. The molecule has 2 amide bonds. The second kappa shape index (κ2) is 6.86.